The molecule has 7 heteroatoms. The predicted octanol–water partition coefficient (Wildman–Crippen LogP) is 1.71. The predicted molar refractivity (Wildman–Crippen MR) is 73.5 cm³/mol. The fourth-order valence-corrected chi connectivity index (χ4v) is 3.49. The number of benzene rings is 1. The van der Waals surface area contributed by atoms with E-state index in [1.165, 1.54) is 12.1 Å². The van der Waals surface area contributed by atoms with Crippen LogP contribution in [-0.2, 0) is 13.8 Å². The number of ether oxygens (including phenoxy) is 1. The number of likely N-dealkylation sites (tertiary alicyclic amines) is 1. The van der Waals surface area contributed by atoms with E-state index in [0.717, 1.165) is 25.9 Å². The molecule has 2 aliphatic heterocycles. The summed E-state index contributed by atoms with van der Waals surface area (Å²) in [5, 5.41) is 0. The van der Waals surface area contributed by atoms with Crippen LogP contribution < -0.4 is 4.74 Å². The summed E-state index contributed by atoms with van der Waals surface area (Å²) in [6.07, 6.45) is 2.03. The number of fused-ring (bicyclic) bond motifs is 1. The van der Waals surface area contributed by atoms with Gasteiger partial charge >= 0.3 is 0 Å². The second-order valence-corrected chi connectivity index (χ2v) is 7.60. The summed E-state index contributed by atoms with van der Waals surface area (Å²) in [5.41, 5.74) is 0.614. The number of rotatable bonds is 2. The van der Waals surface area contributed by atoms with E-state index in [4.69, 9.17) is 15.4 Å². The van der Waals surface area contributed by atoms with E-state index in [9.17, 15) is 13.2 Å². The summed E-state index contributed by atoms with van der Waals surface area (Å²) < 4.78 is 28.3. The van der Waals surface area contributed by atoms with Crippen molar-refractivity contribution >= 4 is 25.6 Å². The van der Waals surface area contributed by atoms with Crippen molar-refractivity contribution in [3.63, 3.8) is 0 Å². The van der Waals surface area contributed by atoms with Gasteiger partial charge in [0.05, 0.1) is 4.90 Å². The molecule has 1 atom stereocenters. The van der Waals surface area contributed by atoms with Crippen LogP contribution in [0.1, 0.15) is 24.3 Å². The molecule has 5 nitrogen and oxygen atoms in total. The van der Waals surface area contributed by atoms with Gasteiger partial charge in [0, 0.05) is 29.3 Å². The molecule has 2 aliphatic rings. The number of nitrogens with zero attached hydrogens (tertiary/aromatic N) is 1. The first kappa shape index (κ1) is 13.7. The Bertz CT molecular complexity index is 652. The Morgan fingerprint density at radius 1 is 1.30 bits per heavy atom. The molecule has 0 saturated carbocycles. The maximum atomic E-state index is 12.4. The van der Waals surface area contributed by atoms with Crippen LogP contribution in [0.3, 0.4) is 0 Å². The Labute approximate surface area is 121 Å². The zero-order valence-electron chi connectivity index (χ0n) is 10.7. The minimum absolute atomic E-state index is 0.00244. The van der Waals surface area contributed by atoms with Crippen molar-refractivity contribution in [2.75, 3.05) is 19.7 Å². The van der Waals surface area contributed by atoms with Gasteiger partial charge in [0.25, 0.3) is 9.05 Å². The fraction of sp³-hybridized carbons (Fsp3) is 0.462. The molecule has 108 valence electrons. The van der Waals surface area contributed by atoms with Gasteiger partial charge in [-0.25, -0.2) is 8.42 Å². The van der Waals surface area contributed by atoms with Crippen LogP contribution in [-0.4, -0.2) is 38.9 Å². The van der Waals surface area contributed by atoms with Gasteiger partial charge in [-0.1, -0.05) is 0 Å². The lowest BCUT2D eigenvalue weighted by Gasteiger charge is -2.19. The minimum Gasteiger partial charge on any atom is -0.492 e. The average molecular weight is 316 g/mol. The standard InChI is InChI=1S/C13H14ClNO4S/c14-20(17,18)9-3-4-12-10(7-9)11(8-19-12)13(16)15-5-1-2-6-15/h3-4,7,11H,1-2,5-6,8H2. The Morgan fingerprint density at radius 2 is 2.00 bits per heavy atom. The quantitative estimate of drug-likeness (QED) is 0.779. The van der Waals surface area contributed by atoms with E-state index in [-0.39, 0.29) is 17.4 Å². The smallest absolute Gasteiger partial charge is 0.261 e. The van der Waals surface area contributed by atoms with Crippen molar-refractivity contribution in [2.45, 2.75) is 23.7 Å². The molecule has 20 heavy (non-hydrogen) atoms. The van der Waals surface area contributed by atoms with Crippen molar-refractivity contribution < 1.29 is 17.9 Å². The maximum Gasteiger partial charge on any atom is 0.261 e. The molecular weight excluding hydrogens is 302 g/mol. The first-order valence-corrected chi connectivity index (χ1v) is 8.78. The number of carbonyl (C=O) groups excluding carboxylic acids is 1. The molecule has 1 aromatic carbocycles. The number of halogens is 1. The number of hydrogen-bond donors (Lipinski definition) is 0. The van der Waals surface area contributed by atoms with Crippen LogP contribution in [0.4, 0.5) is 0 Å². The Hall–Kier alpha value is -1.27. The van der Waals surface area contributed by atoms with Crippen molar-refractivity contribution in [1.29, 1.82) is 0 Å². The van der Waals surface area contributed by atoms with Gasteiger partial charge in [-0.05, 0) is 31.0 Å². The Kier molecular flexibility index (Phi) is 3.38. The third kappa shape index (κ3) is 2.38. The van der Waals surface area contributed by atoms with E-state index in [1.807, 2.05) is 4.90 Å². The van der Waals surface area contributed by atoms with Crippen LogP contribution in [0.25, 0.3) is 0 Å². The normalized spacial score (nSPS) is 21.6. The highest BCUT2D eigenvalue weighted by Crippen LogP contribution is 2.37. The zero-order valence-corrected chi connectivity index (χ0v) is 12.3. The molecule has 1 saturated heterocycles. The van der Waals surface area contributed by atoms with Gasteiger partial charge < -0.3 is 9.64 Å². The first-order chi connectivity index (χ1) is 9.47. The Balaban J connectivity index is 1.94. The third-order valence-electron chi connectivity index (χ3n) is 3.76. The summed E-state index contributed by atoms with van der Waals surface area (Å²) in [7, 11) is 1.55. The van der Waals surface area contributed by atoms with E-state index < -0.39 is 15.0 Å². The topological polar surface area (TPSA) is 63.7 Å². The monoisotopic (exact) mass is 315 g/mol. The van der Waals surface area contributed by atoms with Crippen molar-refractivity contribution in [2.24, 2.45) is 0 Å². The van der Waals surface area contributed by atoms with Gasteiger partial charge in [-0.15, -0.1) is 0 Å². The van der Waals surface area contributed by atoms with Gasteiger partial charge in [0.15, 0.2) is 0 Å². The van der Waals surface area contributed by atoms with Crippen LogP contribution >= 0.6 is 10.7 Å². The zero-order chi connectivity index (χ0) is 14.3. The molecule has 0 spiro atoms. The largest absolute Gasteiger partial charge is 0.492 e. The summed E-state index contributed by atoms with van der Waals surface area (Å²) in [6.45, 7) is 1.78. The van der Waals surface area contributed by atoms with E-state index in [1.54, 1.807) is 6.07 Å². The lowest BCUT2D eigenvalue weighted by molar-refractivity contribution is -0.131. The van der Waals surface area contributed by atoms with Crippen LogP contribution in [0.15, 0.2) is 23.1 Å². The highest BCUT2D eigenvalue weighted by molar-refractivity contribution is 8.13. The van der Waals surface area contributed by atoms with Crippen molar-refractivity contribution in [3.8, 4) is 5.75 Å². The van der Waals surface area contributed by atoms with Gasteiger partial charge in [0.1, 0.15) is 18.3 Å². The summed E-state index contributed by atoms with van der Waals surface area (Å²) in [4.78, 5) is 14.2. The highest BCUT2D eigenvalue weighted by Gasteiger charge is 2.35. The molecule has 0 radical (unpaired) electrons. The molecule has 3 rings (SSSR count). The molecule has 0 aliphatic carbocycles. The SMILES string of the molecule is O=C(C1COc2ccc(S(=O)(=O)Cl)cc21)N1CCCC1. The van der Waals surface area contributed by atoms with Gasteiger partial charge in [-0.3, -0.25) is 4.79 Å². The highest BCUT2D eigenvalue weighted by atomic mass is 35.7. The first-order valence-electron chi connectivity index (χ1n) is 6.47. The van der Waals surface area contributed by atoms with Crippen LogP contribution in [0.2, 0.25) is 0 Å². The van der Waals surface area contributed by atoms with Crippen LogP contribution in [0.5, 0.6) is 5.75 Å². The fourth-order valence-electron chi connectivity index (χ4n) is 2.71. The maximum absolute atomic E-state index is 12.4. The van der Waals surface area contributed by atoms with E-state index in [0.29, 0.717) is 11.3 Å². The van der Waals surface area contributed by atoms with E-state index >= 15 is 0 Å². The molecule has 1 amide bonds. The second-order valence-electron chi connectivity index (χ2n) is 5.03. The van der Waals surface area contributed by atoms with Crippen molar-refractivity contribution in [3.05, 3.63) is 23.8 Å². The number of hydrogen-bond acceptors (Lipinski definition) is 4. The molecule has 0 aromatic heterocycles. The molecule has 0 N–H and O–H groups in total. The number of amides is 1. The molecular formula is C13H14ClNO4S. The summed E-state index contributed by atoms with van der Waals surface area (Å²) in [6, 6.07) is 4.40. The number of carbonyl (C=O) groups is 1. The minimum atomic E-state index is -3.80. The van der Waals surface area contributed by atoms with E-state index in [2.05, 4.69) is 0 Å². The lowest BCUT2D eigenvalue weighted by Crippen LogP contribution is -2.33. The molecule has 2 heterocycles. The lowest BCUT2D eigenvalue weighted by atomic mass is 10.00. The van der Waals surface area contributed by atoms with Crippen molar-refractivity contribution in [1.82, 2.24) is 4.90 Å². The molecule has 1 fully saturated rings. The summed E-state index contributed by atoms with van der Waals surface area (Å²) in [5.74, 6) is 0.137. The molecule has 0 bridgehead atoms. The molecule has 1 aromatic rings. The average Bonchev–Trinajstić information content (AvgIpc) is 3.06. The van der Waals surface area contributed by atoms with Gasteiger partial charge in [-0.2, -0.15) is 0 Å². The third-order valence-corrected chi connectivity index (χ3v) is 5.11. The summed E-state index contributed by atoms with van der Waals surface area (Å²) >= 11 is 0. The van der Waals surface area contributed by atoms with Crippen LogP contribution in [0, 0.1) is 0 Å². The second kappa shape index (κ2) is 4.93. The van der Waals surface area contributed by atoms with Gasteiger partial charge in [0.2, 0.25) is 5.91 Å². The molecule has 1 unspecified atom stereocenters. The Morgan fingerprint density at radius 3 is 2.65 bits per heavy atom.